The second-order valence-electron chi connectivity index (χ2n) is 3.55. The van der Waals surface area contributed by atoms with Crippen LogP contribution in [0.4, 0.5) is 19.3 Å². The van der Waals surface area contributed by atoms with Crippen LogP contribution in [-0.4, -0.2) is 48.3 Å². The summed E-state index contributed by atoms with van der Waals surface area (Å²) in [7, 11) is 0. The molecule has 0 bridgehead atoms. The first-order valence-electron chi connectivity index (χ1n) is 5.59. The Morgan fingerprint density at radius 2 is 2.20 bits per heavy atom. The van der Waals surface area contributed by atoms with Crippen LogP contribution in [0.3, 0.4) is 0 Å². The number of hydrogen-bond acceptors (Lipinski definition) is 4. The summed E-state index contributed by atoms with van der Waals surface area (Å²) >= 11 is 0. The molecule has 0 saturated carbocycles. The summed E-state index contributed by atoms with van der Waals surface area (Å²) in [4.78, 5) is 25.9. The van der Waals surface area contributed by atoms with Gasteiger partial charge in [0, 0.05) is 12.7 Å². The molecule has 0 fully saturated rings. The van der Waals surface area contributed by atoms with Gasteiger partial charge in [-0.25, -0.2) is 23.4 Å². The molecule has 0 aliphatic carbocycles. The van der Waals surface area contributed by atoms with Crippen LogP contribution in [0.1, 0.15) is 10.5 Å². The molecular formula is C11H13F2N3O4. The average Bonchev–Trinajstić information content (AvgIpc) is 2.38. The van der Waals surface area contributed by atoms with Crippen LogP contribution in [0.5, 0.6) is 0 Å². The van der Waals surface area contributed by atoms with E-state index < -0.39 is 25.0 Å². The molecule has 0 saturated heterocycles. The van der Waals surface area contributed by atoms with Crippen molar-refractivity contribution in [3.8, 4) is 0 Å². The molecule has 1 aromatic heterocycles. The van der Waals surface area contributed by atoms with Crippen LogP contribution in [0.15, 0.2) is 18.3 Å². The SMILES string of the molecule is O=C(NCCOCC(F)F)Nc1cccnc1C(=O)O. The van der Waals surface area contributed by atoms with Crippen LogP contribution in [0, 0.1) is 0 Å². The van der Waals surface area contributed by atoms with E-state index in [2.05, 4.69) is 20.4 Å². The number of urea groups is 1. The van der Waals surface area contributed by atoms with Crippen molar-refractivity contribution in [2.45, 2.75) is 6.43 Å². The van der Waals surface area contributed by atoms with Crippen molar-refractivity contribution >= 4 is 17.7 Å². The number of carbonyl (C=O) groups excluding carboxylic acids is 1. The minimum Gasteiger partial charge on any atom is -0.476 e. The van der Waals surface area contributed by atoms with Crippen molar-refractivity contribution in [2.24, 2.45) is 0 Å². The third kappa shape index (κ3) is 5.57. The molecule has 0 radical (unpaired) electrons. The van der Waals surface area contributed by atoms with Gasteiger partial charge in [0.05, 0.1) is 12.3 Å². The lowest BCUT2D eigenvalue weighted by Crippen LogP contribution is -2.32. The average molecular weight is 289 g/mol. The maximum atomic E-state index is 11.7. The van der Waals surface area contributed by atoms with Gasteiger partial charge in [0.2, 0.25) is 0 Å². The summed E-state index contributed by atoms with van der Waals surface area (Å²) < 4.78 is 28.0. The maximum Gasteiger partial charge on any atom is 0.356 e. The number of rotatable bonds is 7. The number of alkyl halides is 2. The number of aromatic nitrogens is 1. The van der Waals surface area contributed by atoms with Crippen molar-refractivity contribution < 1.29 is 28.2 Å². The zero-order valence-corrected chi connectivity index (χ0v) is 10.3. The third-order valence-electron chi connectivity index (χ3n) is 2.03. The Labute approximate surface area is 113 Å². The molecule has 2 amide bonds. The number of pyridine rings is 1. The summed E-state index contributed by atoms with van der Waals surface area (Å²) in [6, 6.07) is 2.16. The number of halogens is 2. The standard InChI is InChI=1S/C11H13F2N3O4/c12-8(13)6-20-5-4-15-11(19)16-7-2-1-3-14-9(7)10(17)18/h1-3,8H,4-6H2,(H,17,18)(H2,15,16,19). The fraction of sp³-hybridized carbons (Fsp3) is 0.364. The number of amides is 2. The zero-order valence-electron chi connectivity index (χ0n) is 10.3. The van der Waals surface area contributed by atoms with E-state index in [0.29, 0.717) is 0 Å². The molecule has 0 aliphatic heterocycles. The van der Waals surface area contributed by atoms with Gasteiger partial charge < -0.3 is 20.5 Å². The molecule has 1 heterocycles. The maximum absolute atomic E-state index is 11.7. The lowest BCUT2D eigenvalue weighted by Gasteiger charge is -2.09. The Hall–Kier alpha value is -2.29. The smallest absolute Gasteiger partial charge is 0.356 e. The number of aromatic carboxylic acids is 1. The van der Waals surface area contributed by atoms with E-state index in [1.807, 2.05) is 0 Å². The summed E-state index contributed by atoms with van der Waals surface area (Å²) in [6.07, 6.45) is -1.28. The number of hydrogen-bond donors (Lipinski definition) is 3. The third-order valence-corrected chi connectivity index (χ3v) is 2.03. The predicted molar refractivity (Wildman–Crippen MR) is 65.0 cm³/mol. The Balaban J connectivity index is 2.37. The van der Waals surface area contributed by atoms with Gasteiger partial charge in [0.1, 0.15) is 6.61 Å². The monoisotopic (exact) mass is 289 g/mol. The lowest BCUT2D eigenvalue weighted by molar-refractivity contribution is 0.0194. The highest BCUT2D eigenvalue weighted by Gasteiger charge is 2.12. The van der Waals surface area contributed by atoms with Crippen molar-refractivity contribution in [1.82, 2.24) is 10.3 Å². The normalized spacial score (nSPS) is 10.3. The highest BCUT2D eigenvalue weighted by Crippen LogP contribution is 2.11. The molecule has 9 heteroatoms. The van der Waals surface area contributed by atoms with E-state index >= 15 is 0 Å². The van der Waals surface area contributed by atoms with Gasteiger partial charge in [-0.05, 0) is 12.1 Å². The summed E-state index contributed by atoms with van der Waals surface area (Å²) in [5.41, 5.74) is -0.261. The quantitative estimate of drug-likeness (QED) is 0.654. The van der Waals surface area contributed by atoms with Crippen molar-refractivity contribution in [3.63, 3.8) is 0 Å². The minimum absolute atomic E-state index is 0.0151. The summed E-state index contributed by atoms with van der Waals surface area (Å²) in [5, 5.41) is 13.5. The van der Waals surface area contributed by atoms with Gasteiger partial charge in [-0.3, -0.25) is 0 Å². The van der Waals surface area contributed by atoms with Crippen molar-refractivity contribution in [2.75, 3.05) is 25.1 Å². The van der Waals surface area contributed by atoms with E-state index in [4.69, 9.17) is 5.11 Å². The summed E-state index contributed by atoms with van der Waals surface area (Å²) in [6.45, 7) is -0.757. The number of anilines is 1. The van der Waals surface area contributed by atoms with E-state index in [0.717, 1.165) is 0 Å². The lowest BCUT2D eigenvalue weighted by atomic mass is 10.3. The second kappa shape index (κ2) is 8.00. The predicted octanol–water partition coefficient (Wildman–Crippen LogP) is 1.18. The van der Waals surface area contributed by atoms with Crippen molar-refractivity contribution in [3.05, 3.63) is 24.0 Å². The first kappa shape index (κ1) is 15.8. The second-order valence-corrected chi connectivity index (χ2v) is 3.55. The first-order valence-corrected chi connectivity index (χ1v) is 5.59. The molecule has 0 aromatic carbocycles. The van der Waals surface area contributed by atoms with E-state index in [9.17, 15) is 18.4 Å². The van der Waals surface area contributed by atoms with Gasteiger partial charge in [-0.1, -0.05) is 0 Å². The molecule has 20 heavy (non-hydrogen) atoms. The molecule has 7 nitrogen and oxygen atoms in total. The summed E-state index contributed by atoms with van der Waals surface area (Å²) in [5.74, 6) is -1.28. The van der Waals surface area contributed by atoms with E-state index in [-0.39, 0.29) is 24.5 Å². The van der Waals surface area contributed by atoms with Crippen LogP contribution >= 0.6 is 0 Å². The van der Waals surface area contributed by atoms with Crippen LogP contribution < -0.4 is 10.6 Å². The molecular weight excluding hydrogens is 276 g/mol. The number of carboxylic acids is 1. The molecule has 0 atom stereocenters. The van der Waals surface area contributed by atoms with Gasteiger partial charge >= 0.3 is 12.0 Å². The van der Waals surface area contributed by atoms with Gasteiger partial charge in [0.25, 0.3) is 6.43 Å². The fourth-order valence-corrected chi connectivity index (χ4v) is 1.25. The van der Waals surface area contributed by atoms with Gasteiger partial charge in [-0.2, -0.15) is 0 Å². The number of ether oxygens (including phenoxy) is 1. The molecule has 0 unspecified atom stereocenters. The Morgan fingerprint density at radius 1 is 1.45 bits per heavy atom. The van der Waals surface area contributed by atoms with E-state index in [1.165, 1.54) is 18.3 Å². The molecule has 0 aliphatic rings. The first-order chi connectivity index (χ1) is 9.50. The van der Waals surface area contributed by atoms with Gasteiger partial charge in [-0.15, -0.1) is 0 Å². The van der Waals surface area contributed by atoms with Crippen LogP contribution in [0.2, 0.25) is 0 Å². The highest BCUT2D eigenvalue weighted by molar-refractivity contribution is 5.98. The Bertz CT molecular complexity index is 471. The number of carboxylic acid groups (broad SMARTS) is 1. The van der Waals surface area contributed by atoms with Crippen molar-refractivity contribution in [1.29, 1.82) is 0 Å². The number of nitrogens with one attached hydrogen (secondary N) is 2. The minimum atomic E-state index is -2.56. The topological polar surface area (TPSA) is 101 Å². The van der Waals surface area contributed by atoms with Crippen LogP contribution in [0.25, 0.3) is 0 Å². The molecule has 3 N–H and O–H groups in total. The molecule has 110 valence electrons. The molecule has 1 rings (SSSR count). The molecule has 1 aromatic rings. The molecule has 0 spiro atoms. The van der Waals surface area contributed by atoms with Crippen LogP contribution in [-0.2, 0) is 4.74 Å². The van der Waals surface area contributed by atoms with E-state index in [1.54, 1.807) is 0 Å². The number of nitrogens with zero attached hydrogens (tertiary/aromatic N) is 1. The highest BCUT2D eigenvalue weighted by atomic mass is 19.3. The largest absolute Gasteiger partial charge is 0.476 e. The van der Waals surface area contributed by atoms with Gasteiger partial charge in [0.15, 0.2) is 5.69 Å². The Kier molecular flexibility index (Phi) is 6.30. The number of carbonyl (C=O) groups is 2. The Morgan fingerprint density at radius 3 is 2.85 bits per heavy atom. The fourth-order valence-electron chi connectivity index (χ4n) is 1.25. The zero-order chi connectivity index (χ0) is 15.0.